The molecule has 150 valence electrons. The monoisotopic (exact) mass is 377 g/mol. The smallest absolute Gasteiger partial charge is 0.304 e. The Morgan fingerprint density at radius 3 is 2.33 bits per heavy atom. The van der Waals surface area contributed by atoms with Crippen LogP contribution in [-0.2, 0) is 9.59 Å². The lowest BCUT2D eigenvalue weighted by Crippen LogP contribution is -2.26. The number of aromatic nitrogens is 1. The lowest BCUT2D eigenvalue weighted by Gasteiger charge is -2.38. The number of hydrogen-bond acceptors (Lipinski definition) is 4. The second-order valence-electron chi connectivity index (χ2n) is 9.65. The molecule has 0 bridgehead atoms. The van der Waals surface area contributed by atoms with Crippen LogP contribution >= 0.6 is 0 Å². The molecule has 0 amide bonds. The van der Waals surface area contributed by atoms with Crippen molar-refractivity contribution in [1.82, 2.24) is 5.16 Å². The predicted octanol–water partition coefficient (Wildman–Crippen LogP) is 4.90. The van der Waals surface area contributed by atoms with Crippen molar-refractivity contribution in [2.45, 2.75) is 89.9 Å². The van der Waals surface area contributed by atoms with Gasteiger partial charge in [0.25, 0.3) is 0 Å². The molecule has 0 radical (unpaired) electrons. The maximum atomic E-state index is 11.3. The Hall–Kier alpha value is -1.85. The Morgan fingerprint density at radius 1 is 1.15 bits per heavy atom. The molecule has 27 heavy (non-hydrogen) atoms. The van der Waals surface area contributed by atoms with Gasteiger partial charge < -0.3 is 14.7 Å². The molecular weight excluding hydrogens is 346 g/mol. The van der Waals surface area contributed by atoms with Gasteiger partial charge in [0.05, 0.1) is 12.1 Å². The average molecular weight is 377 g/mol. The van der Waals surface area contributed by atoms with E-state index < -0.39 is 17.9 Å². The quantitative estimate of drug-likeness (QED) is 0.634. The van der Waals surface area contributed by atoms with Crippen LogP contribution in [0.1, 0.15) is 107 Å². The predicted molar refractivity (Wildman–Crippen MR) is 99.9 cm³/mol. The summed E-state index contributed by atoms with van der Waals surface area (Å²) in [5.41, 5.74) is 2.13. The van der Waals surface area contributed by atoms with Gasteiger partial charge >= 0.3 is 11.9 Å². The minimum atomic E-state index is -0.925. The fraction of sp³-hybridized carbons (Fsp3) is 0.762. The molecule has 2 aliphatic rings. The molecule has 6 nitrogen and oxygen atoms in total. The molecule has 1 aromatic rings. The summed E-state index contributed by atoms with van der Waals surface area (Å²) in [6.45, 7) is 6.80. The molecule has 2 aliphatic carbocycles. The fourth-order valence-electron chi connectivity index (χ4n) is 4.52. The molecule has 2 saturated carbocycles. The molecule has 0 aliphatic heterocycles. The SMILES string of the molecule is CC(C)(C)CC1CC(c2onc([C@@H](CCC(=O)O)CC(=O)O)c2C2CC2)C1. The first-order chi connectivity index (χ1) is 12.6. The summed E-state index contributed by atoms with van der Waals surface area (Å²) in [7, 11) is 0. The van der Waals surface area contributed by atoms with Gasteiger partial charge in [0.1, 0.15) is 5.76 Å². The molecule has 1 atom stereocenters. The van der Waals surface area contributed by atoms with Crippen LogP contribution in [0.15, 0.2) is 4.52 Å². The molecule has 1 aromatic heterocycles. The Morgan fingerprint density at radius 2 is 1.81 bits per heavy atom. The molecule has 0 spiro atoms. The van der Waals surface area contributed by atoms with Gasteiger partial charge in [-0.25, -0.2) is 0 Å². The highest BCUT2D eigenvalue weighted by Crippen LogP contribution is 2.53. The van der Waals surface area contributed by atoms with Crippen molar-refractivity contribution in [3.63, 3.8) is 0 Å². The molecule has 2 N–H and O–H groups in total. The number of carbonyl (C=O) groups is 2. The van der Waals surface area contributed by atoms with E-state index in [0.717, 1.165) is 37.0 Å². The van der Waals surface area contributed by atoms with Gasteiger partial charge in [0.2, 0.25) is 0 Å². The van der Waals surface area contributed by atoms with Crippen LogP contribution in [0, 0.1) is 11.3 Å². The second-order valence-corrected chi connectivity index (χ2v) is 9.65. The highest BCUT2D eigenvalue weighted by atomic mass is 16.5. The third-order valence-electron chi connectivity index (χ3n) is 5.79. The first-order valence-corrected chi connectivity index (χ1v) is 10.1. The number of rotatable bonds is 9. The maximum absolute atomic E-state index is 11.3. The van der Waals surface area contributed by atoms with Crippen molar-refractivity contribution in [2.75, 3.05) is 0 Å². The largest absolute Gasteiger partial charge is 0.481 e. The van der Waals surface area contributed by atoms with Gasteiger partial charge in [0.15, 0.2) is 0 Å². The van der Waals surface area contributed by atoms with Gasteiger partial charge in [-0.3, -0.25) is 9.59 Å². The van der Waals surface area contributed by atoms with E-state index in [4.69, 9.17) is 9.63 Å². The third-order valence-corrected chi connectivity index (χ3v) is 5.79. The third kappa shape index (κ3) is 5.11. The van der Waals surface area contributed by atoms with Crippen molar-refractivity contribution < 1.29 is 24.3 Å². The lowest BCUT2D eigenvalue weighted by atomic mass is 9.66. The second kappa shape index (κ2) is 7.64. The van der Waals surface area contributed by atoms with Crippen LogP contribution in [0.4, 0.5) is 0 Å². The van der Waals surface area contributed by atoms with E-state index in [1.807, 2.05) is 0 Å². The average Bonchev–Trinajstić information content (AvgIpc) is 3.25. The number of aliphatic carboxylic acids is 2. The molecule has 0 aromatic carbocycles. The zero-order chi connectivity index (χ0) is 19.8. The van der Waals surface area contributed by atoms with E-state index in [1.165, 1.54) is 6.42 Å². The van der Waals surface area contributed by atoms with Crippen molar-refractivity contribution in [1.29, 1.82) is 0 Å². The highest BCUT2D eigenvalue weighted by molar-refractivity contribution is 5.69. The van der Waals surface area contributed by atoms with Gasteiger partial charge in [0, 0.05) is 23.8 Å². The number of carboxylic acid groups (broad SMARTS) is 2. The van der Waals surface area contributed by atoms with E-state index in [2.05, 4.69) is 25.9 Å². The van der Waals surface area contributed by atoms with Crippen molar-refractivity contribution in [2.24, 2.45) is 11.3 Å². The maximum Gasteiger partial charge on any atom is 0.304 e. The first kappa shape index (κ1) is 19.9. The molecule has 6 heteroatoms. The van der Waals surface area contributed by atoms with Gasteiger partial charge in [-0.2, -0.15) is 0 Å². The topological polar surface area (TPSA) is 101 Å². The summed E-state index contributed by atoms with van der Waals surface area (Å²) >= 11 is 0. The molecular formula is C21H31NO5. The number of hydrogen-bond donors (Lipinski definition) is 2. The van der Waals surface area contributed by atoms with E-state index in [9.17, 15) is 14.7 Å². The normalized spacial score (nSPS) is 23.7. The Balaban J connectivity index is 1.76. The van der Waals surface area contributed by atoms with E-state index >= 15 is 0 Å². The zero-order valence-corrected chi connectivity index (χ0v) is 16.5. The highest BCUT2D eigenvalue weighted by Gasteiger charge is 2.42. The summed E-state index contributed by atoms with van der Waals surface area (Å²) in [6, 6.07) is 0. The first-order valence-electron chi connectivity index (χ1n) is 10.1. The summed E-state index contributed by atoms with van der Waals surface area (Å²) in [5.74, 6) is 0.206. The zero-order valence-electron chi connectivity index (χ0n) is 16.5. The number of carboxylic acids is 2. The summed E-state index contributed by atoms with van der Waals surface area (Å²) < 4.78 is 5.76. The lowest BCUT2D eigenvalue weighted by molar-refractivity contribution is -0.139. The minimum absolute atomic E-state index is 0.0542. The summed E-state index contributed by atoms with van der Waals surface area (Å²) in [4.78, 5) is 22.3. The van der Waals surface area contributed by atoms with Crippen LogP contribution in [0.3, 0.4) is 0 Å². The van der Waals surface area contributed by atoms with Crippen molar-refractivity contribution >= 4 is 11.9 Å². The Kier molecular flexibility index (Phi) is 5.63. The number of nitrogens with zero attached hydrogens (tertiary/aromatic N) is 1. The van der Waals surface area contributed by atoms with E-state index in [-0.39, 0.29) is 19.3 Å². The van der Waals surface area contributed by atoms with Crippen molar-refractivity contribution in [3.8, 4) is 0 Å². The van der Waals surface area contributed by atoms with E-state index in [0.29, 0.717) is 28.9 Å². The Labute approximate surface area is 160 Å². The van der Waals surface area contributed by atoms with Crippen LogP contribution in [0.5, 0.6) is 0 Å². The van der Waals surface area contributed by atoms with Crippen LogP contribution in [0.2, 0.25) is 0 Å². The van der Waals surface area contributed by atoms with E-state index in [1.54, 1.807) is 0 Å². The molecule has 2 fully saturated rings. The van der Waals surface area contributed by atoms with Gasteiger partial charge in [-0.1, -0.05) is 25.9 Å². The van der Waals surface area contributed by atoms with Crippen LogP contribution in [0.25, 0.3) is 0 Å². The molecule has 0 saturated heterocycles. The molecule has 3 rings (SSSR count). The van der Waals surface area contributed by atoms with Gasteiger partial charge in [-0.15, -0.1) is 0 Å². The van der Waals surface area contributed by atoms with Gasteiger partial charge in [-0.05, 0) is 55.8 Å². The van der Waals surface area contributed by atoms with Crippen molar-refractivity contribution in [3.05, 3.63) is 17.0 Å². The molecule has 1 heterocycles. The fourth-order valence-corrected chi connectivity index (χ4v) is 4.52. The Bertz CT molecular complexity index is 692. The van der Waals surface area contributed by atoms with Crippen LogP contribution in [-0.4, -0.2) is 27.3 Å². The minimum Gasteiger partial charge on any atom is -0.481 e. The summed E-state index contributed by atoms with van der Waals surface area (Å²) in [6.07, 6.45) is 5.69. The molecule has 0 unspecified atom stereocenters. The standard InChI is InChI=1S/C21H31NO5/c1-21(2,3)11-12-8-15(9-12)20-18(13-4-5-13)19(22-27-20)14(10-17(25)26)6-7-16(23)24/h12-15H,4-11H2,1-3H3,(H,23,24)(H,25,26)/t12?,14-,15?/m0/s1. The van der Waals surface area contributed by atoms with Crippen LogP contribution < -0.4 is 0 Å². The summed E-state index contributed by atoms with van der Waals surface area (Å²) in [5, 5.41) is 22.6.